The molecule has 4 nitrogen and oxygen atoms in total. The van der Waals surface area contributed by atoms with Crippen molar-refractivity contribution < 1.29 is 0 Å². The summed E-state index contributed by atoms with van der Waals surface area (Å²) in [6.45, 7) is 0. The van der Waals surface area contributed by atoms with Crippen molar-refractivity contribution >= 4 is 27.8 Å². The zero-order valence-corrected chi connectivity index (χ0v) is 7.88. The summed E-state index contributed by atoms with van der Waals surface area (Å²) in [6.07, 6.45) is 3.42. The average molecular weight is 196 g/mol. The molecular weight excluding hydrogens is 188 g/mol. The largest absolute Gasteiger partial charge is 0.382 e. The number of aromatic nitrogens is 3. The number of pyridine rings is 3. The van der Waals surface area contributed by atoms with Gasteiger partial charge in [-0.1, -0.05) is 6.07 Å². The maximum atomic E-state index is 5.81. The minimum atomic E-state index is 0.428. The standard InChI is InChI=1S/C11H8N4/c12-10-9-7(3-1-5-13-9)8-4-2-6-14-11(8)15-10/h1-6H,(H2,12,14,15). The first-order chi connectivity index (χ1) is 7.36. The molecule has 0 aliphatic rings. The van der Waals surface area contributed by atoms with E-state index in [2.05, 4.69) is 15.0 Å². The van der Waals surface area contributed by atoms with Gasteiger partial charge in [-0.15, -0.1) is 0 Å². The van der Waals surface area contributed by atoms with E-state index in [0.717, 1.165) is 16.3 Å². The van der Waals surface area contributed by atoms with Crippen LogP contribution in [0.25, 0.3) is 21.9 Å². The van der Waals surface area contributed by atoms with Gasteiger partial charge in [-0.2, -0.15) is 0 Å². The van der Waals surface area contributed by atoms with Crippen molar-refractivity contribution in [2.45, 2.75) is 0 Å². The first-order valence-electron chi connectivity index (χ1n) is 4.61. The van der Waals surface area contributed by atoms with E-state index in [1.807, 2.05) is 24.3 Å². The molecular formula is C11H8N4. The van der Waals surface area contributed by atoms with Crippen LogP contribution in [0.15, 0.2) is 36.7 Å². The van der Waals surface area contributed by atoms with E-state index >= 15 is 0 Å². The van der Waals surface area contributed by atoms with Crippen LogP contribution in [0.2, 0.25) is 0 Å². The molecule has 0 unspecified atom stereocenters. The molecule has 2 N–H and O–H groups in total. The lowest BCUT2D eigenvalue weighted by atomic mass is 10.1. The maximum Gasteiger partial charge on any atom is 0.162 e. The van der Waals surface area contributed by atoms with Gasteiger partial charge >= 0.3 is 0 Å². The minimum absolute atomic E-state index is 0.428. The van der Waals surface area contributed by atoms with E-state index in [9.17, 15) is 0 Å². The third-order valence-electron chi connectivity index (χ3n) is 2.35. The molecule has 0 bridgehead atoms. The van der Waals surface area contributed by atoms with E-state index in [1.54, 1.807) is 12.4 Å². The van der Waals surface area contributed by atoms with Gasteiger partial charge in [-0.05, 0) is 18.2 Å². The van der Waals surface area contributed by atoms with E-state index < -0.39 is 0 Å². The van der Waals surface area contributed by atoms with Crippen LogP contribution >= 0.6 is 0 Å². The normalized spacial score (nSPS) is 10.9. The van der Waals surface area contributed by atoms with Gasteiger partial charge in [0.05, 0.1) is 0 Å². The summed E-state index contributed by atoms with van der Waals surface area (Å²) in [5.41, 5.74) is 7.21. The highest BCUT2D eigenvalue weighted by Gasteiger charge is 2.06. The zero-order valence-electron chi connectivity index (χ0n) is 7.88. The monoisotopic (exact) mass is 196 g/mol. The number of hydrogen-bond donors (Lipinski definition) is 1. The second-order valence-electron chi connectivity index (χ2n) is 3.27. The fraction of sp³-hybridized carbons (Fsp3) is 0. The Morgan fingerprint density at radius 2 is 1.67 bits per heavy atom. The molecule has 0 saturated heterocycles. The van der Waals surface area contributed by atoms with Crippen LogP contribution in [0.3, 0.4) is 0 Å². The molecule has 0 spiro atoms. The Morgan fingerprint density at radius 3 is 2.53 bits per heavy atom. The summed E-state index contributed by atoms with van der Waals surface area (Å²) in [5, 5.41) is 1.97. The molecule has 3 aromatic rings. The topological polar surface area (TPSA) is 64.7 Å². The van der Waals surface area contributed by atoms with Gasteiger partial charge < -0.3 is 5.73 Å². The number of fused-ring (bicyclic) bond motifs is 3. The maximum absolute atomic E-state index is 5.81. The van der Waals surface area contributed by atoms with Gasteiger partial charge in [-0.25, -0.2) is 9.97 Å². The lowest BCUT2D eigenvalue weighted by molar-refractivity contribution is 1.29. The SMILES string of the molecule is Nc1nc2ncccc2c2cccnc12. The van der Waals surface area contributed by atoms with Gasteiger partial charge in [0.2, 0.25) is 0 Å². The Morgan fingerprint density at radius 1 is 0.933 bits per heavy atom. The van der Waals surface area contributed by atoms with E-state index in [0.29, 0.717) is 11.5 Å². The highest BCUT2D eigenvalue weighted by molar-refractivity contribution is 6.06. The molecule has 0 radical (unpaired) electrons. The molecule has 0 fully saturated rings. The summed E-state index contributed by atoms with van der Waals surface area (Å²) in [5.74, 6) is 0.428. The predicted octanol–water partition coefficient (Wildman–Crippen LogP) is 1.76. The molecule has 4 heteroatoms. The molecule has 0 amide bonds. The second kappa shape index (κ2) is 2.88. The van der Waals surface area contributed by atoms with Crippen LogP contribution in [-0.2, 0) is 0 Å². The smallest absolute Gasteiger partial charge is 0.162 e. The lowest BCUT2D eigenvalue weighted by Crippen LogP contribution is -1.95. The summed E-state index contributed by atoms with van der Waals surface area (Å²) in [7, 11) is 0. The van der Waals surface area contributed by atoms with Crippen molar-refractivity contribution in [3.05, 3.63) is 36.7 Å². The van der Waals surface area contributed by atoms with Crippen molar-refractivity contribution in [1.29, 1.82) is 0 Å². The Hall–Kier alpha value is -2.23. The molecule has 72 valence electrons. The zero-order chi connectivity index (χ0) is 10.3. The van der Waals surface area contributed by atoms with Gasteiger partial charge in [-0.3, -0.25) is 4.98 Å². The third kappa shape index (κ3) is 1.11. The summed E-state index contributed by atoms with van der Waals surface area (Å²) < 4.78 is 0. The van der Waals surface area contributed by atoms with Crippen LogP contribution in [0.5, 0.6) is 0 Å². The Kier molecular flexibility index (Phi) is 1.56. The molecule has 0 aromatic carbocycles. The van der Waals surface area contributed by atoms with Crippen molar-refractivity contribution in [1.82, 2.24) is 15.0 Å². The third-order valence-corrected chi connectivity index (χ3v) is 2.35. The Bertz CT molecular complexity index is 648. The predicted molar refractivity (Wildman–Crippen MR) is 59.3 cm³/mol. The fourth-order valence-electron chi connectivity index (χ4n) is 1.69. The van der Waals surface area contributed by atoms with Crippen molar-refractivity contribution in [3.8, 4) is 0 Å². The number of anilines is 1. The van der Waals surface area contributed by atoms with Crippen LogP contribution in [0.4, 0.5) is 5.82 Å². The molecule has 0 saturated carbocycles. The van der Waals surface area contributed by atoms with E-state index in [1.165, 1.54) is 0 Å². The van der Waals surface area contributed by atoms with Crippen LogP contribution in [-0.4, -0.2) is 15.0 Å². The Balaban J connectivity index is 2.64. The quantitative estimate of drug-likeness (QED) is 0.556. The van der Waals surface area contributed by atoms with Crippen LogP contribution < -0.4 is 5.73 Å². The number of rotatable bonds is 0. The van der Waals surface area contributed by atoms with Gasteiger partial charge in [0, 0.05) is 23.2 Å². The molecule has 3 rings (SSSR count). The Labute approximate surface area is 85.8 Å². The van der Waals surface area contributed by atoms with Crippen molar-refractivity contribution in [2.75, 3.05) is 5.73 Å². The minimum Gasteiger partial charge on any atom is -0.382 e. The highest BCUT2D eigenvalue weighted by atomic mass is 14.9. The van der Waals surface area contributed by atoms with Crippen molar-refractivity contribution in [3.63, 3.8) is 0 Å². The van der Waals surface area contributed by atoms with Gasteiger partial charge in [0.25, 0.3) is 0 Å². The van der Waals surface area contributed by atoms with Crippen molar-refractivity contribution in [2.24, 2.45) is 0 Å². The molecule has 0 aliphatic carbocycles. The lowest BCUT2D eigenvalue weighted by Gasteiger charge is -2.03. The second-order valence-corrected chi connectivity index (χ2v) is 3.27. The number of nitrogens with zero attached hydrogens (tertiary/aromatic N) is 3. The molecule has 3 heterocycles. The van der Waals surface area contributed by atoms with E-state index in [-0.39, 0.29) is 0 Å². The summed E-state index contributed by atoms with van der Waals surface area (Å²) in [6, 6.07) is 7.71. The van der Waals surface area contributed by atoms with Gasteiger partial charge in [0.15, 0.2) is 11.5 Å². The first-order valence-corrected chi connectivity index (χ1v) is 4.61. The van der Waals surface area contributed by atoms with Gasteiger partial charge in [0.1, 0.15) is 5.52 Å². The molecule has 0 aliphatic heterocycles. The number of nitrogens with two attached hydrogens (primary N) is 1. The molecule has 15 heavy (non-hydrogen) atoms. The molecule has 0 atom stereocenters. The first kappa shape index (κ1) is 8.11. The average Bonchev–Trinajstić information content (AvgIpc) is 2.30. The summed E-state index contributed by atoms with van der Waals surface area (Å²) in [4.78, 5) is 12.6. The number of nitrogen functional groups attached to an aromatic ring is 1. The fourth-order valence-corrected chi connectivity index (χ4v) is 1.69. The van der Waals surface area contributed by atoms with E-state index in [4.69, 9.17) is 5.73 Å². The summed E-state index contributed by atoms with van der Waals surface area (Å²) >= 11 is 0. The van der Waals surface area contributed by atoms with Crippen LogP contribution in [0.1, 0.15) is 0 Å². The highest BCUT2D eigenvalue weighted by Crippen LogP contribution is 2.24. The molecule has 3 aromatic heterocycles. The number of hydrogen-bond acceptors (Lipinski definition) is 4. The van der Waals surface area contributed by atoms with Crippen LogP contribution in [0, 0.1) is 0 Å².